The van der Waals surface area contributed by atoms with Gasteiger partial charge >= 0.3 is 0 Å². The predicted octanol–water partition coefficient (Wildman–Crippen LogP) is 2.69. The number of piperazine rings is 1. The first kappa shape index (κ1) is 22.7. The largest absolute Gasteiger partial charge is 0.384 e. The van der Waals surface area contributed by atoms with E-state index in [2.05, 4.69) is 34.1 Å². The summed E-state index contributed by atoms with van der Waals surface area (Å²) in [7, 11) is 0. The fraction of sp³-hybridized carbons (Fsp3) is 0.346. The normalized spacial score (nSPS) is 17.8. The minimum absolute atomic E-state index is 0.0936. The Kier molecular flexibility index (Phi) is 6.60. The molecule has 33 heavy (non-hydrogen) atoms. The Hall–Kier alpha value is -3.45. The van der Waals surface area contributed by atoms with Gasteiger partial charge in [0.1, 0.15) is 17.6 Å². The van der Waals surface area contributed by atoms with E-state index in [1.165, 1.54) is 0 Å². The van der Waals surface area contributed by atoms with Crippen molar-refractivity contribution < 1.29 is 9.59 Å². The average Bonchev–Trinajstić information content (AvgIpc) is 2.82. The topological polar surface area (TPSA) is 106 Å². The van der Waals surface area contributed by atoms with E-state index >= 15 is 0 Å². The van der Waals surface area contributed by atoms with Crippen LogP contribution in [0, 0.1) is 6.92 Å². The monoisotopic (exact) mass is 445 g/mol. The summed E-state index contributed by atoms with van der Waals surface area (Å²) >= 11 is 0. The lowest BCUT2D eigenvalue weighted by Gasteiger charge is -2.43. The highest BCUT2D eigenvalue weighted by molar-refractivity contribution is 5.95. The maximum atomic E-state index is 13.0. The molecule has 0 spiro atoms. The molecule has 3 aromatic rings. The van der Waals surface area contributed by atoms with E-state index in [0.717, 1.165) is 34.3 Å². The molecule has 1 saturated heterocycles. The Bertz CT molecular complexity index is 1170. The van der Waals surface area contributed by atoms with Crippen molar-refractivity contribution in [2.75, 3.05) is 30.3 Å². The molecule has 7 nitrogen and oxygen atoms in total. The van der Waals surface area contributed by atoms with Crippen LogP contribution in [0.25, 0.3) is 10.8 Å². The molecule has 7 heteroatoms. The molecule has 4 rings (SSSR count). The molecule has 1 amide bonds. The number of hydrogen-bond donors (Lipinski definition) is 2. The van der Waals surface area contributed by atoms with Crippen LogP contribution in [0.3, 0.4) is 0 Å². The van der Waals surface area contributed by atoms with Crippen LogP contribution in [0.2, 0.25) is 0 Å². The number of aryl methyl sites for hydroxylation is 2. The number of fused-ring (bicyclic) bond motifs is 1. The summed E-state index contributed by atoms with van der Waals surface area (Å²) in [6.45, 7) is 5.54. The van der Waals surface area contributed by atoms with Gasteiger partial charge in [0.05, 0.1) is 6.04 Å². The molecule has 1 fully saturated rings. The molecule has 1 aliphatic heterocycles. The van der Waals surface area contributed by atoms with Crippen molar-refractivity contribution in [2.24, 2.45) is 5.73 Å². The van der Waals surface area contributed by atoms with Gasteiger partial charge in [-0.2, -0.15) is 0 Å². The number of nitrogen functional groups attached to an aromatic ring is 1. The van der Waals surface area contributed by atoms with Gasteiger partial charge in [-0.1, -0.05) is 42.5 Å². The van der Waals surface area contributed by atoms with Gasteiger partial charge in [-0.15, -0.1) is 0 Å². The highest BCUT2D eigenvalue weighted by Gasteiger charge is 2.36. The number of pyridine rings is 1. The number of hydrogen-bond acceptors (Lipinski definition) is 6. The van der Waals surface area contributed by atoms with Gasteiger partial charge in [0.15, 0.2) is 0 Å². The van der Waals surface area contributed by atoms with Crippen LogP contribution < -0.4 is 16.4 Å². The third kappa shape index (κ3) is 4.83. The van der Waals surface area contributed by atoms with E-state index in [4.69, 9.17) is 11.5 Å². The van der Waals surface area contributed by atoms with Crippen LogP contribution in [0.15, 0.2) is 54.6 Å². The summed E-state index contributed by atoms with van der Waals surface area (Å²) in [6, 6.07) is 17.2. The van der Waals surface area contributed by atoms with Gasteiger partial charge in [-0.05, 0) is 43.4 Å². The fourth-order valence-corrected chi connectivity index (χ4v) is 4.74. The number of rotatable bonds is 7. The molecule has 2 heterocycles. The van der Waals surface area contributed by atoms with Crippen molar-refractivity contribution in [1.29, 1.82) is 0 Å². The van der Waals surface area contributed by atoms with Crippen LogP contribution in [0.4, 0.5) is 11.5 Å². The van der Waals surface area contributed by atoms with Crippen molar-refractivity contribution in [1.82, 2.24) is 9.88 Å². The summed E-state index contributed by atoms with van der Waals surface area (Å²) in [5, 5.41) is 2.30. The first-order valence-corrected chi connectivity index (χ1v) is 11.4. The molecule has 2 aromatic carbocycles. The van der Waals surface area contributed by atoms with Crippen molar-refractivity contribution in [2.45, 2.75) is 38.8 Å². The number of ketones is 1. The molecule has 0 radical (unpaired) electrons. The van der Waals surface area contributed by atoms with Gasteiger partial charge in [0, 0.05) is 42.8 Å². The number of amides is 1. The van der Waals surface area contributed by atoms with Gasteiger partial charge in [-0.25, -0.2) is 4.98 Å². The van der Waals surface area contributed by atoms with E-state index in [1.807, 2.05) is 43.0 Å². The number of aromatic nitrogens is 1. The molecule has 1 aliphatic rings. The van der Waals surface area contributed by atoms with Crippen LogP contribution in [0.1, 0.15) is 24.6 Å². The lowest BCUT2D eigenvalue weighted by molar-refractivity contribution is -0.129. The second kappa shape index (κ2) is 9.58. The van der Waals surface area contributed by atoms with Crippen LogP contribution in [-0.4, -0.2) is 53.3 Å². The zero-order valence-corrected chi connectivity index (χ0v) is 19.2. The van der Waals surface area contributed by atoms with Crippen molar-refractivity contribution in [3.63, 3.8) is 0 Å². The summed E-state index contributed by atoms with van der Waals surface area (Å²) in [6.07, 6.45) is 0.974. The smallest absolute Gasteiger partial charge is 0.236 e. The fourth-order valence-electron chi connectivity index (χ4n) is 4.74. The van der Waals surface area contributed by atoms with Crippen LogP contribution in [0.5, 0.6) is 0 Å². The first-order valence-electron chi connectivity index (χ1n) is 11.4. The number of anilines is 2. The Morgan fingerprint density at radius 1 is 1.09 bits per heavy atom. The number of Topliss-reactive ketones (excluding diaryl/α,β-unsaturated/α-hetero) is 1. The average molecular weight is 446 g/mol. The van der Waals surface area contributed by atoms with E-state index in [0.29, 0.717) is 31.7 Å². The number of carbonyl (C=O) groups excluding carboxylic acids is 2. The lowest BCUT2D eigenvalue weighted by Crippen LogP contribution is -2.62. The van der Waals surface area contributed by atoms with E-state index in [9.17, 15) is 9.59 Å². The van der Waals surface area contributed by atoms with Crippen molar-refractivity contribution >= 4 is 34.0 Å². The SMILES string of the molecule is Cc1nc(N)ccc1CCC(=O)[C@H](C)N1CCN(c2cccc3ccccc23)CC1C(N)=O. The minimum atomic E-state index is -0.531. The Morgan fingerprint density at radius 2 is 1.85 bits per heavy atom. The highest BCUT2D eigenvalue weighted by atomic mass is 16.2. The standard InChI is InChI=1S/C26H31N5O2/c1-17-19(11-13-25(27)29-17)10-12-24(32)18(2)31-15-14-30(16-23(31)26(28)33)22-9-5-7-20-6-3-4-8-21(20)22/h3-9,11,13,18,23H,10,12,14-16H2,1-2H3,(H2,27,29)(H2,28,33)/t18-,23?/m0/s1. The third-order valence-electron chi connectivity index (χ3n) is 6.68. The maximum absolute atomic E-state index is 13.0. The lowest BCUT2D eigenvalue weighted by atomic mass is 9.99. The van der Waals surface area contributed by atoms with Crippen molar-refractivity contribution in [3.05, 3.63) is 65.9 Å². The Labute approximate surface area is 194 Å². The molecule has 4 N–H and O–H groups in total. The summed E-state index contributed by atoms with van der Waals surface area (Å²) in [5.74, 6) is 0.165. The molecular formula is C26H31N5O2. The van der Waals surface area contributed by atoms with Crippen LogP contribution in [-0.2, 0) is 16.0 Å². The molecule has 0 saturated carbocycles. The van der Waals surface area contributed by atoms with E-state index in [1.54, 1.807) is 6.07 Å². The number of nitrogens with two attached hydrogens (primary N) is 2. The predicted molar refractivity (Wildman–Crippen MR) is 132 cm³/mol. The maximum Gasteiger partial charge on any atom is 0.236 e. The quantitative estimate of drug-likeness (QED) is 0.579. The molecule has 1 unspecified atom stereocenters. The van der Waals surface area contributed by atoms with E-state index < -0.39 is 11.9 Å². The Balaban J connectivity index is 1.47. The zero-order valence-electron chi connectivity index (χ0n) is 19.2. The van der Waals surface area contributed by atoms with Gasteiger partial charge in [0.25, 0.3) is 0 Å². The minimum Gasteiger partial charge on any atom is -0.384 e. The van der Waals surface area contributed by atoms with Gasteiger partial charge in [0.2, 0.25) is 5.91 Å². The van der Waals surface area contributed by atoms with Gasteiger partial charge < -0.3 is 16.4 Å². The number of carbonyl (C=O) groups is 2. The first-order chi connectivity index (χ1) is 15.8. The molecule has 0 bridgehead atoms. The third-order valence-corrected chi connectivity index (χ3v) is 6.68. The molecule has 172 valence electrons. The molecular weight excluding hydrogens is 414 g/mol. The number of primary amides is 1. The summed E-state index contributed by atoms with van der Waals surface area (Å²) in [5.41, 5.74) is 14.5. The Morgan fingerprint density at radius 3 is 2.61 bits per heavy atom. The highest BCUT2D eigenvalue weighted by Crippen LogP contribution is 2.29. The van der Waals surface area contributed by atoms with Gasteiger partial charge in [-0.3, -0.25) is 14.5 Å². The van der Waals surface area contributed by atoms with Crippen LogP contribution >= 0.6 is 0 Å². The molecule has 1 aromatic heterocycles. The second-order valence-electron chi connectivity index (χ2n) is 8.72. The number of benzene rings is 2. The summed E-state index contributed by atoms with van der Waals surface area (Å²) in [4.78, 5) is 33.9. The van der Waals surface area contributed by atoms with Crippen molar-refractivity contribution in [3.8, 4) is 0 Å². The molecule has 2 atom stereocenters. The summed E-state index contributed by atoms with van der Waals surface area (Å²) < 4.78 is 0. The van der Waals surface area contributed by atoms with E-state index in [-0.39, 0.29) is 11.8 Å². The zero-order chi connectivity index (χ0) is 23.5. The number of nitrogens with zero attached hydrogens (tertiary/aromatic N) is 3. The molecule has 0 aliphatic carbocycles. The second-order valence-corrected chi connectivity index (χ2v) is 8.72.